The van der Waals surface area contributed by atoms with Gasteiger partial charge in [-0.05, 0) is 18.2 Å². The lowest BCUT2D eigenvalue weighted by Gasteiger charge is -2.08. The Bertz CT molecular complexity index is 729. The maximum Gasteiger partial charge on any atom is 0.149 e. The van der Waals surface area contributed by atoms with Crippen LogP contribution in [0.15, 0.2) is 49.2 Å². The van der Waals surface area contributed by atoms with E-state index in [0.717, 1.165) is 0 Å². The molecule has 0 aliphatic carbocycles. The Hall–Kier alpha value is -2.96. The first kappa shape index (κ1) is 12.1. The standard InChI is InChI=1S/C13H10FN5O/c14-11-5-9(1-2-12(11)15)20-10-3-4-16-13(6-10)19-7-17-18-8-19/h1-8H,15H2. The molecule has 0 radical (unpaired) electrons. The second kappa shape index (κ2) is 4.96. The summed E-state index contributed by atoms with van der Waals surface area (Å²) in [6.07, 6.45) is 4.63. The minimum atomic E-state index is -0.518. The van der Waals surface area contributed by atoms with Gasteiger partial charge in [0.05, 0.1) is 5.69 Å². The molecule has 1 aromatic carbocycles. The minimum Gasteiger partial charge on any atom is -0.457 e. The number of hydrogen-bond donors (Lipinski definition) is 1. The Kier molecular flexibility index (Phi) is 3.00. The van der Waals surface area contributed by atoms with Gasteiger partial charge in [-0.25, -0.2) is 9.37 Å². The molecule has 20 heavy (non-hydrogen) atoms. The van der Waals surface area contributed by atoms with Crippen LogP contribution in [0.2, 0.25) is 0 Å². The Morgan fingerprint density at radius 2 is 1.80 bits per heavy atom. The summed E-state index contributed by atoms with van der Waals surface area (Å²) in [5.41, 5.74) is 5.49. The van der Waals surface area contributed by atoms with Gasteiger partial charge in [-0.2, -0.15) is 0 Å². The number of nitrogen functional groups attached to an aromatic ring is 1. The van der Waals surface area contributed by atoms with Gasteiger partial charge in [0.1, 0.15) is 35.8 Å². The van der Waals surface area contributed by atoms with Crippen molar-refractivity contribution in [1.82, 2.24) is 19.7 Å². The molecule has 0 amide bonds. The summed E-state index contributed by atoms with van der Waals surface area (Å²) in [7, 11) is 0. The Morgan fingerprint density at radius 3 is 2.55 bits per heavy atom. The van der Waals surface area contributed by atoms with Crippen molar-refractivity contribution in [1.29, 1.82) is 0 Å². The highest BCUT2D eigenvalue weighted by Crippen LogP contribution is 2.25. The molecule has 3 rings (SSSR count). The first-order chi connectivity index (χ1) is 9.72. The second-order valence-electron chi connectivity index (χ2n) is 4.00. The fourth-order valence-corrected chi connectivity index (χ4v) is 1.63. The number of nitrogens with zero attached hydrogens (tertiary/aromatic N) is 4. The third-order valence-corrected chi connectivity index (χ3v) is 2.61. The van der Waals surface area contributed by atoms with Gasteiger partial charge in [0.25, 0.3) is 0 Å². The highest BCUT2D eigenvalue weighted by molar-refractivity contribution is 5.45. The zero-order valence-electron chi connectivity index (χ0n) is 10.3. The number of aromatic nitrogens is 4. The lowest BCUT2D eigenvalue weighted by Crippen LogP contribution is -1.95. The van der Waals surface area contributed by atoms with Crippen LogP contribution >= 0.6 is 0 Å². The highest BCUT2D eigenvalue weighted by atomic mass is 19.1. The smallest absolute Gasteiger partial charge is 0.149 e. The molecule has 2 N–H and O–H groups in total. The number of rotatable bonds is 3. The molecule has 0 bridgehead atoms. The summed E-state index contributed by atoms with van der Waals surface area (Å²) in [6, 6.07) is 7.64. The number of hydrogen-bond acceptors (Lipinski definition) is 5. The van der Waals surface area contributed by atoms with Crippen molar-refractivity contribution in [3.63, 3.8) is 0 Å². The number of halogens is 1. The van der Waals surface area contributed by atoms with E-state index in [4.69, 9.17) is 10.5 Å². The van der Waals surface area contributed by atoms with E-state index >= 15 is 0 Å². The Balaban J connectivity index is 1.87. The third-order valence-electron chi connectivity index (χ3n) is 2.61. The number of anilines is 1. The maximum atomic E-state index is 13.3. The van der Waals surface area contributed by atoms with Crippen molar-refractivity contribution in [2.45, 2.75) is 0 Å². The molecule has 2 aromatic heterocycles. The summed E-state index contributed by atoms with van der Waals surface area (Å²) in [5.74, 6) is 0.962. The van der Waals surface area contributed by atoms with Gasteiger partial charge in [0, 0.05) is 18.3 Å². The molecule has 0 aliphatic heterocycles. The largest absolute Gasteiger partial charge is 0.457 e. The number of pyridine rings is 1. The normalized spacial score (nSPS) is 10.4. The van der Waals surface area contributed by atoms with Crippen LogP contribution in [0.3, 0.4) is 0 Å². The molecular formula is C13H10FN5O. The van der Waals surface area contributed by atoms with E-state index in [1.807, 2.05) is 0 Å². The van der Waals surface area contributed by atoms with Crippen molar-refractivity contribution >= 4 is 5.69 Å². The van der Waals surface area contributed by atoms with Gasteiger partial charge < -0.3 is 10.5 Å². The van der Waals surface area contributed by atoms with Crippen LogP contribution in [0.4, 0.5) is 10.1 Å². The molecule has 0 spiro atoms. The molecule has 0 aliphatic rings. The lowest BCUT2D eigenvalue weighted by molar-refractivity contribution is 0.476. The van der Waals surface area contributed by atoms with Crippen LogP contribution in [0.5, 0.6) is 11.5 Å². The molecule has 0 saturated carbocycles. The number of ether oxygens (including phenoxy) is 1. The topological polar surface area (TPSA) is 78.9 Å². The van der Waals surface area contributed by atoms with Crippen LogP contribution in [0.25, 0.3) is 5.82 Å². The summed E-state index contributed by atoms with van der Waals surface area (Å²) in [4.78, 5) is 4.16. The van der Waals surface area contributed by atoms with Gasteiger partial charge >= 0.3 is 0 Å². The minimum absolute atomic E-state index is 0.0808. The highest BCUT2D eigenvalue weighted by Gasteiger charge is 2.04. The van der Waals surface area contributed by atoms with Crippen molar-refractivity contribution < 1.29 is 9.13 Å². The van der Waals surface area contributed by atoms with Crippen molar-refractivity contribution in [2.24, 2.45) is 0 Å². The summed E-state index contributed by atoms with van der Waals surface area (Å²) < 4.78 is 20.5. The molecule has 0 saturated heterocycles. The molecule has 0 atom stereocenters. The lowest BCUT2D eigenvalue weighted by atomic mass is 10.3. The van der Waals surface area contributed by atoms with Gasteiger partial charge in [-0.15, -0.1) is 10.2 Å². The molecule has 100 valence electrons. The van der Waals surface area contributed by atoms with Crippen molar-refractivity contribution in [2.75, 3.05) is 5.73 Å². The summed E-state index contributed by atoms with van der Waals surface area (Å²) >= 11 is 0. The van der Waals surface area contributed by atoms with E-state index in [9.17, 15) is 4.39 Å². The monoisotopic (exact) mass is 271 g/mol. The molecule has 7 heteroatoms. The maximum absolute atomic E-state index is 13.3. The molecule has 0 unspecified atom stereocenters. The second-order valence-corrected chi connectivity index (χ2v) is 4.00. The molecular weight excluding hydrogens is 261 g/mol. The van der Waals surface area contributed by atoms with Crippen LogP contribution in [-0.2, 0) is 0 Å². The fourth-order valence-electron chi connectivity index (χ4n) is 1.63. The van der Waals surface area contributed by atoms with E-state index in [0.29, 0.717) is 17.3 Å². The average molecular weight is 271 g/mol. The molecule has 6 nitrogen and oxygen atoms in total. The van der Waals surface area contributed by atoms with E-state index < -0.39 is 5.82 Å². The van der Waals surface area contributed by atoms with E-state index in [-0.39, 0.29) is 5.69 Å². The molecule has 3 aromatic rings. The van der Waals surface area contributed by atoms with Crippen LogP contribution in [-0.4, -0.2) is 19.7 Å². The van der Waals surface area contributed by atoms with Crippen LogP contribution < -0.4 is 10.5 Å². The number of nitrogens with two attached hydrogens (primary N) is 1. The third kappa shape index (κ3) is 2.41. The fraction of sp³-hybridized carbons (Fsp3) is 0. The summed E-state index contributed by atoms with van der Waals surface area (Å²) in [6.45, 7) is 0. The Morgan fingerprint density at radius 1 is 1.05 bits per heavy atom. The SMILES string of the molecule is Nc1ccc(Oc2ccnc(-n3cnnc3)c2)cc1F. The van der Waals surface area contributed by atoms with E-state index in [1.54, 1.807) is 29.0 Å². The predicted octanol–water partition coefficient (Wildman–Crippen LogP) is 2.18. The predicted molar refractivity (Wildman–Crippen MR) is 70.0 cm³/mol. The van der Waals surface area contributed by atoms with Gasteiger partial charge in [-0.3, -0.25) is 4.57 Å². The van der Waals surface area contributed by atoms with Crippen LogP contribution in [0, 0.1) is 5.82 Å². The van der Waals surface area contributed by atoms with E-state index in [1.165, 1.54) is 24.8 Å². The van der Waals surface area contributed by atoms with Gasteiger partial charge in [0.15, 0.2) is 0 Å². The van der Waals surface area contributed by atoms with Crippen molar-refractivity contribution in [3.8, 4) is 17.3 Å². The van der Waals surface area contributed by atoms with Gasteiger partial charge in [-0.1, -0.05) is 0 Å². The molecule has 2 heterocycles. The Labute approximate surface area is 113 Å². The summed E-state index contributed by atoms with van der Waals surface area (Å²) in [5, 5.41) is 7.40. The average Bonchev–Trinajstić information content (AvgIpc) is 2.97. The van der Waals surface area contributed by atoms with E-state index in [2.05, 4.69) is 15.2 Å². The first-order valence-corrected chi connectivity index (χ1v) is 5.76. The zero-order chi connectivity index (χ0) is 13.9. The zero-order valence-corrected chi connectivity index (χ0v) is 10.3. The van der Waals surface area contributed by atoms with Crippen molar-refractivity contribution in [3.05, 3.63) is 55.0 Å². The number of benzene rings is 1. The molecule has 0 fully saturated rings. The van der Waals surface area contributed by atoms with Gasteiger partial charge in [0.2, 0.25) is 0 Å². The quantitative estimate of drug-likeness (QED) is 0.738. The first-order valence-electron chi connectivity index (χ1n) is 5.76. The van der Waals surface area contributed by atoms with Crippen LogP contribution in [0.1, 0.15) is 0 Å².